The molecule has 1 fully saturated rings. The van der Waals surface area contributed by atoms with Crippen LogP contribution in [0.3, 0.4) is 0 Å². The molecule has 1 saturated heterocycles. The van der Waals surface area contributed by atoms with Crippen molar-refractivity contribution in [3.05, 3.63) is 22.7 Å². The third kappa shape index (κ3) is 6.46. The minimum atomic E-state index is -5.85. The molecule has 0 saturated carbocycles. The molecule has 172 valence electrons. The summed E-state index contributed by atoms with van der Waals surface area (Å²) in [4.78, 5) is 50.5. The van der Waals surface area contributed by atoms with Gasteiger partial charge in [-0.1, -0.05) is 0 Å². The average Bonchev–Trinajstić information content (AvgIpc) is 2.79. The Balaban J connectivity index is 2.13. The molecule has 21 heteroatoms. The van der Waals surface area contributed by atoms with E-state index in [4.69, 9.17) is 25.2 Å². The van der Waals surface area contributed by atoms with Gasteiger partial charge in [-0.3, -0.25) is 9.09 Å². The summed E-state index contributed by atoms with van der Waals surface area (Å²) in [5.74, 6) is -0.173. The van der Waals surface area contributed by atoms with Crippen molar-refractivity contribution in [1.29, 1.82) is 0 Å². The lowest BCUT2D eigenvalue weighted by molar-refractivity contribution is -0.161. The van der Waals surface area contributed by atoms with Crippen molar-refractivity contribution < 1.29 is 66.5 Å². The lowest BCUT2D eigenvalue weighted by atomic mass is 10.1. The van der Waals surface area contributed by atoms with Crippen LogP contribution in [0.25, 0.3) is 0 Å². The number of nitrogens with two attached hydrogens (primary N) is 1. The molecule has 0 aliphatic carbocycles. The maximum atomic E-state index is 11.8. The Hall–Kier alpha value is -1.07. The first-order valence-electron chi connectivity index (χ1n) is 7.38. The van der Waals surface area contributed by atoms with E-state index in [-0.39, 0.29) is 5.82 Å². The number of hydrogen-bond donors (Lipinski definition) is 8. The van der Waals surface area contributed by atoms with Gasteiger partial charge in [0.05, 0.1) is 0 Å². The van der Waals surface area contributed by atoms with Gasteiger partial charge < -0.3 is 45.4 Å². The highest BCUT2D eigenvalue weighted by molar-refractivity contribution is 7.66. The van der Waals surface area contributed by atoms with Crippen LogP contribution in [0, 0.1) is 0 Å². The number of hydrogen-bond acceptors (Lipinski definition) is 13. The third-order valence-corrected chi connectivity index (χ3v) is 7.15. The van der Waals surface area contributed by atoms with Crippen molar-refractivity contribution in [1.82, 2.24) is 9.55 Å². The van der Waals surface area contributed by atoms with Crippen LogP contribution in [-0.4, -0.2) is 69.0 Å². The Labute approximate surface area is 165 Å². The molecule has 1 aliphatic heterocycles. The second-order valence-electron chi connectivity index (χ2n) is 5.60. The van der Waals surface area contributed by atoms with Crippen molar-refractivity contribution in [3.63, 3.8) is 0 Å². The van der Waals surface area contributed by atoms with Crippen molar-refractivity contribution in [2.24, 2.45) is 0 Å². The van der Waals surface area contributed by atoms with Crippen molar-refractivity contribution >= 4 is 29.3 Å². The van der Waals surface area contributed by atoms with Gasteiger partial charge in [0.2, 0.25) is 0 Å². The van der Waals surface area contributed by atoms with Gasteiger partial charge in [-0.2, -0.15) is 13.6 Å². The maximum Gasteiger partial charge on any atom is 0.490 e. The van der Waals surface area contributed by atoms with Gasteiger partial charge in [-0.05, 0) is 6.07 Å². The van der Waals surface area contributed by atoms with Crippen LogP contribution in [0.4, 0.5) is 5.82 Å². The predicted molar refractivity (Wildman–Crippen MR) is 89.8 cm³/mol. The van der Waals surface area contributed by atoms with E-state index >= 15 is 0 Å². The summed E-state index contributed by atoms with van der Waals surface area (Å²) in [6, 6.07) is 1.14. The summed E-state index contributed by atoms with van der Waals surface area (Å²) in [5.41, 5.74) is 4.29. The number of anilines is 1. The zero-order valence-corrected chi connectivity index (χ0v) is 16.9. The summed E-state index contributed by atoms with van der Waals surface area (Å²) < 4.78 is 50.2. The van der Waals surface area contributed by atoms with Crippen LogP contribution in [0.2, 0.25) is 0 Å². The first-order chi connectivity index (χ1) is 13.5. The van der Waals surface area contributed by atoms with Crippen LogP contribution in [-0.2, 0) is 31.6 Å². The molecule has 30 heavy (non-hydrogen) atoms. The first-order valence-corrected chi connectivity index (χ1v) is 11.9. The molecule has 0 radical (unpaired) electrons. The molecule has 2 heterocycles. The molecule has 0 aromatic carbocycles. The number of rotatable bonds is 8. The number of phosphoric acid groups is 3. The second-order valence-corrected chi connectivity index (χ2v) is 9.97. The molecular weight excluding hydrogens is 483 g/mol. The summed E-state index contributed by atoms with van der Waals surface area (Å²) in [6.45, 7) is 0. The first kappa shape index (κ1) is 25.2. The zero-order chi connectivity index (χ0) is 23.1. The minimum absolute atomic E-state index is 0.173. The number of phosphoric ester groups is 1. The van der Waals surface area contributed by atoms with E-state index < -0.39 is 60.0 Å². The van der Waals surface area contributed by atoms with E-state index in [0.717, 1.165) is 12.3 Å². The van der Waals surface area contributed by atoms with Crippen LogP contribution in [0.1, 0.15) is 6.23 Å². The number of ether oxygens (including phenoxy) is 1. The molecule has 18 nitrogen and oxygen atoms in total. The van der Waals surface area contributed by atoms with E-state index in [2.05, 4.69) is 18.1 Å². The fourth-order valence-electron chi connectivity index (χ4n) is 2.27. The number of aromatic nitrogens is 2. The smallest absolute Gasteiger partial charge is 0.387 e. The molecule has 0 bridgehead atoms. The van der Waals surface area contributed by atoms with Crippen molar-refractivity contribution in [3.8, 4) is 0 Å². The van der Waals surface area contributed by atoms with Gasteiger partial charge in [-0.25, -0.2) is 18.5 Å². The van der Waals surface area contributed by atoms with E-state index in [9.17, 15) is 38.7 Å². The van der Waals surface area contributed by atoms with Crippen molar-refractivity contribution in [2.75, 3.05) is 5.73 Å². The summed E-state index contributed by atoms with van der Waals surface area (Å²) in [6.07, 6.45) is -9.19. The van der Waals surface area contributed by atoms with Gasteiger partial charge in [0.1, 0.15) is 24.1 Å². The molecule has 1 aliphatic rings. The lowest BCUT2D eigenvalue weighted by Gasteiger charge is -2.23. The summed E-state index contributed by atoms with van der Waals surface area (Å²) in [5, 5.41) is 29.9. The minimum Gasteiger partial charge on any atom is -0.387 e. The van der Waals surface area contributed by atoms with E-state index in [1.807, 2.05) is 0 Å². The van der Waals surface area contributed by atoms with Crippen LogP contribution < -0.4 is 11.4 Å². The lowest BCUT2D eigenvalue weighted by Crippen LogP contribution is -2.40. The molecule has 0 spiro atoms. The molecule has 2 rings (SSSR count). The van der Waals surface area contributed by atoms with Crippen molar-refractivity contribution in [2.45, 2.75) is 30.8 Å². The van der Waals surface area contributed by atoms with E-state index in [1.54, 1.807) is 0 Å². The third-order valence-electron chi connectivity index (χ3n) is 3.34. The van der Waals surface area contributed by atoms with Gasteiger partial charge in [0.15, 0.2) is 12.5 Å². The summed E-state index contributed by atoms with van der Waals surface area (Å²) >= 11 is 0. The molecule has 1 aromatic heterocycles. The van der Waals surface area contributed by atoms with E-state index in [0.29, 0.717) is 4.57 Å². The van der Waals surface area contributed by atoms with Gasteiger partial charge in [-0.15, -0.1) is 0 Å². The molecule has 1 aromatic rings. The molecule has 7 atom stereocenters. The molecule has 9 N–H and O–H groups in total. The predicted octanol–water partition coefficient (Wildman–Crippen LogP) is -2.89. The Morgan fingerprint density at radius 1 is 1.10 bits per heavy atom. The normalized spacial score (nSPS) is 29.8. The number of nitrogen functional groups attached to an aromatic ring is 1. The monoisotopic (exact) mass is 499 g/mol. The molecule has 3 unspecified atom stereocenters. The van der Waals surface area contributed by atoms with Gasteiger partial charge in [0, 0.05) is 6.20 Å². The zero-order valence-electron chi connectivity index (χ0n) is 14.3. The van der Waals surface area contributed by atoms with E-state index in [1.165, 1.54) is 0 Å². The van der Waals surface area contributed by atoms with Gasteiger partial charge >= 0.3 is 29.2 Å². The number of aliphatic hydroxyl groups is 3. The largest absolute Gasteiger partial charge is 0.490 e. The second kappa shape index (κ2) is 8.82. The van der Waals surface area contributed by atoms with Crippen LogP contribution >= 0.6 is 23.5 Å². The highest BCUT2D eigenvalue weighted by Gasteiger charge is 2.50. The average molecular weight is 499 g/mol. The quantitative estimate of drug-likeness (QED) is 0.131. The number of aliphatic hydroxyl groups excluding tert-OH is 3. The Morgan fingerprint density at radius 3 is 2.23 bits per heavy atom. The Morgan fingerprint density at radius 2 is 1.70 bits per heavy atom. The SMILES string of the molecule is Nc1ccn([C@@H]2O[C@H](C(O)OP(=O)(O)OP(=O)(O)OP(=O)(O)O)[C@@H](O)[C@@H]2O)c(=O)n1. The highest BCUT2D eigenvalue weighted by atomic mass is 31.3. The fraction of sp³-hybridized carbons (Fsp3) is 0.556. The topological polar surface area (TPSA) is 291 Å². The van der Waals surface area contributed by atoms with Gasteiger partial charge in [0.25, 0.3) is 0 Å². The molecule has 0 amide bonds. The standard InChI is InChI=1S/C9H16N3O15P3/c10-3-1-2-12(9(16)11-3)7-5(14)4(13)6(24-7)8(15)25-29(20,21)27-30(22,23)26-28(17,18)19/h1-2,4-8,13-15H,(H,20,21)(H,22,23)(H2,10,11,16)(H2,17,18,19)/t4-,5-,6-,7+,8?/m0/s1. The molecular formula is C9H16N3O15P3. The Bertz CT molecular complexity index is 978. The number of nitrogens with zero attached hydrogens (tertiary/aromatic N) is 2. The van der Waals surface area contributed by atoms with Crippen LogP contribution in [0.15, 0.2) is 17.1 Å². The summed E-state index contributed by atoms with van der Waals surface area (Å²) in [7, 11) is -17.2. The van der Waals surface area contributed by atoms with Crippen LogP contribution in [0.5, 0.6) is 0 Å². The fourth-order valence-corrected chi connectivity index (χ4v) is 5.32. The highest BCUT2D eigenvalue weighted by Crippen LogP contribution is 2.66. The maximum absolute atomic E-state index is 11.8. The Kier molecular flexibility index (Phi) is 7.40.